The first-order valence-electron chi connectivity index (χ1n) is 14.0. The van der Waals surface area contributed by atoms with Gasteiger partial charge in [0, 0.05) is 30.8 Å². The topological polar surface area (TPSA) is 74.2 Å². The fraction of sp³-hybridized carbons (Fsp3) is 0.406. The number of alkyl halides is 3. The van der Waals surface area contributed by atoms with E-state index in [2.05, 4.69) is 0 Å². The van der Waals surface area contributed by atoms with Crippen molar-refractivity contribution in [2.75, 3.05) is 26.4 Å². The molecule has 0 aromatic heterocycles. The van der Waals surface area contributed by atoms with E-state index in [9.17, 15) is 18.0 Å². The predicted octanol–water partition coefficient (Wildman–Crippen LogP) is 7.19. The molecule has 6 rings (SSSR count). The van der Waals surface area contributed by atoms with Gasteiger partial charge in [0.2, 0.25) is 0 Å². The quantitative estimate of drug-likeness (QED) is 0.310. The minimum atomic E-state index is -4.51. The third-order valence-electron chi connectivity index (χ3n) is 8.19. The summed E-state index contributed by atoms with van der Waals surface area (Å²) in [7, 11) is 0. The Kier molecular flexibility index (Phi) is 7.55. The summed E-state index contributed by atoms with van der Waals surface area (Å²) in [6.07, 6.45) is -2.07. The zero-order valence-corrected chi connectivity index (χ0v) is 22.4. The van der Waals surface area contributed by atoms with Crippen LogP contribution in [-0.4, -0.2) is 37.5 Å². The summed E-state index contributed by atoms with van der Waals surface area (Å²) in [4.78, 5) is 11.1. The lowest BCUT2D eigenvalue weighted by molar-refractivity contribution is -0.138. The van der Waals surface area contributed by atoms with Gasteiger partial charge in [0.1, 0.15) is 23.4 Å². The third-order valence-corrected chi connectivity index (χ3v) is 8.19. The number of carboxylic acid groups (broad SMARTS) is 1. The smallest absolute Gasteiger partial charge is 0.417 e. The average molecular weight is 569 g/mol. The van der Waals surface area contributed by atoms with Crippen molar-refractivity contribution in [1.82, 2.24) is 0 Å². The number of benzene rings is 3. The van der Waals surface area contributed by atoms with Crippen LogP contribution >= 0.6 is 0 Å². The molecule has 9 heteroatoms. The molecule has 0 bridgehead atoms. The van der Waals surface area contributed by atoms with Gasteiger partial charge in [-0.25, -0.2) is 0 Å². The summed E-state index contributed by atoms with van der Waals surface area (Å²) in [5.74, 6) is 1.06. The lowest BCUT2D eigenvalue weighted by atomic mass is 9.91. The number of rotatable bonds is 8. The maximum absolute atomic E-state index is 14.2. The average Bonchev–Trinajstić information content (AvgIpc) is 3.55. The van der Waals surface area contributed by atoms with Crippen molar-refractivity contribution >= 4 is 5.97 Å². The number of carbonyl (C=O) groups is 1. The van der Waals surface area contributed by atoms with Crippen molar-refractivity contribution in [2.45, 2.75) is 50.3 Å². The molecule has 3 aliphatic rings. The van der Waals surface area contributed by atoms with Crippen molar-refractivity contribution in [3.8, 4) is 28.4 Å². The highest BCUT2D eigenvalue weighted by Crippen LogP contribution is 2.47. The number of ether oxygens (including phenoxy) is 4. The van der Waals surface area contributed by atoms with Gasteiger partial charge in [0.05, 0.1) is 25.2 Å². The molecule has 0 radical (unpaired) electrons. The zero-order valence-electron chi connectivity index (χ0n) is 22.4. The summed E-state index contributed by atoms with van der Waals surface area (Å²) in [5, 5.41) is 9.14. The summed E-state index contributed by atoms with van der Waals surface area (Å²) >= 11 is 0. The molecule has 1 N–H and O–H groups in total. The van der Waals surface area contributed by atoms with Crippen molar-refractivity contribution in [2.24, 2.45) is 5.92 Å². The molecule has 0 saturated carbocycles. The van der Waals surface area contributed by atoms with Gasteiger partial charge in [-0.2, -0.15) is 13.2 Å². The molecular formula is C32H31F3O6. The van der Waals surface area contributed by atoms with Gasteiger partial charge in [-0.1, -0.05) is 24.3 Å². The second kappa shape index (κ2) is 11.3. The molecule has 3 aromatic carbocycles. The zero-order chi connectivity index (χ0) is 28.6. The Morgan fingerprint density at radius 2 is 1.68 bits per heavy atom. The lowest BCUT2D eigenvalue weighted by Crippen LogP contribution is -2.21. The second-order valence-electron chi connectivity index (χ2n) is 10.9. The van der Waals surface area contributed by atoms with Crippen LogP contribution < -0.4 is 14.2 Å². The number of hydrogen-bond donors (Lipinski definition) is 1. The number of halogens is 3. The monoisotopic (exact) mass is 568 g/mol. The van der Waals surface area contributed by atoms with Crippen LogP contribution in [0.4, 0.5) is 13.2 Å². The molecule has 0 spiro atoms. The van der Waals surface area contributed by atoms with E-state index in [1.54, 1.807) is 36.4 Å². The highest BCUT2D eigenvalue weighted by atomic mass is 19.4. The summed E-state index contributed by atoms with van der Waals surface area (Å²) in [6.45, 7) is 2.31. The molecule has 1 saturated heterocycles. The molecular weight excluding hydrogens is 537 g/mol. The van der Waals surface area contributed by atoms with Gasteiger partial charge in [0.15, 0.2) is 0 Å². The largest absolute Gasteiger partial charge is 0.493 e. The van der Waals surface area contributed by atoms with E-state index in [1.807, 2.05) is 6.07 Å². The van der Waals surface area contributed by atoms with Crippen LogP contribution in [0.5, 0.6) is 17.2 Å². The van der Waals surface area contributed by atoms with E-state index in [0.717, 1.165) is 43.2 Å². The maximum Gasteiger partial charge on any atom is 0.417 e. The molecule has 2 aliphatic heterocycles. The predicted molar refractivity (Wildman–Crippen MR) is 145 cm³/mol. The Bertz CT molecular complexity index is 1410. The van der Waals surface area contributed by atoms with E-state index in [4.69, 9.17) is 24.1 Å². The number of fused-ring (bicyclic) bond motifs is 2. The van der Waals surface area contributed by atoms with Crippen LogP contribution in [0.1, 0.15) is 60.0 Å². The fourth-order valence-corrected chi connectivity index (χ4v) is 6.07. The van der Waals surface area contributed by atoms with E-state index in [-0.39, 0.29) is 17.9 Å². The fourth-order valence-electron chi connectivity index (χ4n) is 6.07. The van der Waals surface area contributed by atoms with E-state index < -0.39 is 23.8 Å². The molecule has 2 heterocycles. The molecule has 1 unspecified atom stereocenters. The van der Waals surface area contributed by atoms with Crippen LogP contribution in [0.2, 0.25) is 0 Å². The summed E-state index contributed by atoms with van der Waals surface area (Å²) < 4.78 is 65.8. The van der Waals surface area contributed by atoms with Crippen LogP contribution in [-0.2, 0) is 22.1 Å². The molecule has 2 atom stereocenters. The lowest BCUT2D eigenvalue weighted by Gasteiger charge is -2.22. The Balaban J connectivity index is 1.23. The van der Waals surface area contributed by atoms with Gasteiger partial charge >= 0.3 is 12.1 Å². The van der Waals surface area contributed by atoms with Crippen LogP contribution in [0, 0.1) is 5.92 Å². The van der Waals surface area contributed by atoms with Crippen molar-refractivity contribution in [1.29, 1.82) is 0 Å². The van der Waals surface area contributed by atoms with E-state index >= 15 is 0 Å². The van der Waals surface area contributed by atoms with Gasteiger partial charge < -0.3 is 24.1 Å². The maximum atomic E-state index is 14.2. The molecule has 216 valence electrons. The Morgan fingerprint density at radius 1 is 0.951 bits per heavy atom. The third kappa shape index (κ3) is 5.86. The van der Waals surface area contributed by atoms with Crippen LogP contribution in [0.15, 0.2) is 54.6 Å². The van der Waals surface area contributed by atoms with Crippen molar-refractivity contribution in [3.05, 3.63) is 76.9 Å². The van der Waals surface area contributed by atoms with Crippen molar-refractivity contribution in [3.63, 3.8) is 0 Å². The first kappa shape index (κ1) is 27.4. The van der Waals surface area contributed by atoms with Crippen LogP contribution in [0.25, 0.3) is 11.1 Å². The summed E-state index contributed by atoms with van der Waals surface area (Å²) in [5.41, 5.74) is 2.21. The minimum absolute atomic E-state index is 0.0173. The van der Waals surface area contributed by atoms with Crippen molar-refractivity contribution < 1.29 is 42.0 Å². The van der Waals surface area contributed by atoms with Gasteiger partial charge in [-0.3, -0.25) is 4.79 Å². The standard InChI is InChI=1S/C32H31F3O6/c33-32(34,35)27-9-7-25-26(31(27)20-1-3-22(4-2-20)39-17-19-11-13-38-14-12-19)8-10-28(25)41-23-5-6-24-21(15-30(36)37)18-40-29(24)16-23/h1-7,9,16,19,21,28H,8,10-15,17-18H2,(H,36,37)/t21-,28?/m1/s1. The molecule has 1 aliphatic carbocycles. The van der Waals surface area contributed by atoms with Crippen LogP contribution in [0.3, 0.4) is 0 Å². The Labute approximate surface area is 236 Å². The Morgan fingerprint density at radius 3 is 2.41 bits per heavy atom. The first-order valence-corrected chi connectivity index (χ1v) is 14.0. The second-order valence-corrected chi connectivity index (χ2v) is 10.9. The summed E-state index contributed by atoms with van der Waals surface area (Å²) in [6, 6.07) is 14.9. The molecule has 1 fully saturated rings. The minimum Gasteiger partial charge on any atom is -0.493 e. The van der Waals surface area contributed by atoms with E-state index in [0.29, 0.717) is 60.3 Å². The first-order chi connectivity index (χ1) is 19.8. The van der Waals surface area contributed by atoms with Gasteiger partial charge in [0.25, 0.3) is 0 Å². The molecule has 3 aromatic rings. The normalized spacial score (nSPS) is 20.3. The van der Waals surface area contributed by atoms with E-state index in [1.165, 1.54) is 6.07 Å². The molecule has 6 nitrogen and oxygen atoms in total. The number of aliphatic carboxylic acids is 1. The van der Waals surface area contributed by atoms with Gasteiger partial charge in [-0.15, -0.1) is 0 Å². The molecule has 41 heavy (non-hydrogen) atoms. The molecule has 0 amide bonds. The number of carboxylic acids is 1. The Hall–Kier alpha value is -3.72. The highest BCUT2D eigenvalue weighted by Gasteiger charge is 2.38. The number of hydrogen-bond acceptors (Lipinski definition) is 5. The highest BCUT2D eigenvalue weighted by molar-refractivity contribution is 5.75. The SMILES string of the molecule is O=C(O)C[C@@H]1COc2cc(OC3CCc4c3ccc(C(F)(F)F)c4-c3ccc(OCC4CCOCC4)cc3)ccc21. The van der Waals surface area contributed by atoms with Gasteiger partial charge in [-0.05, 0) is 78.1 Å².